The molecule has 82 valence electrons. The second-order valence-electron chi connectivity index (χ2n) is 2.87. The number of benzene rings is 1. The molecule has 1 atom stereocenters. The maximum Gasteiger partial charge on any atom is 0.339 e. The molecule has 1 aromatic carbocycles. The summed E-state index contributed by atoms with van der Waals surface area (Å²) in [6.45, 7) is 0. The summed E-state index contributed by atoms with van der Waals surface area (Å²) in [5.74, 6) is -6.71. The van der Waals surface area contributed by atoms with Crippen LogP contribution < -0.4 is 0 Å². The summed E-state index contributed by atoms with van der Waals surface area (Å²) in [5, 5.41) is 17.0. The lowest BCUT2D eigenvalue weighted by atomic mass is 10.0. The monoisotopic (exact) mass is 220 g/mol. The minimum absolute atomic E-state index is 0.723. The Morgan fingerprint density at radius 1 is 1.27 bits per heavy atom. The zero-order valence-electron chi connectivity index (χ0n) is 7.32. The van der Waals surface area contributed by atoms with Gasteiger partial charge in [-0.3, -0.25) is 0 Å². The maximum atomic E-state index is 13.2. The highest BCUT2D eigenvalue weighted by Crippen LogP contribution is 2.31. The van der Waals surface area contributed by atoms with E-state index in [2.05, 4.69) is 0 Å². The summed E-state index contributed by atoms with van der Waals surface area (Å²) < 4.78 is 38.8. The van der Waals surface area contributed by atoms with Crippen molar-refractivity contribution >= 4 is 5.97 Å². The maximum absolute atomic E-state index is 13.2. The van der Waals surface area contributed by atoms with Crippen LogP contribution in [-0.4, -0.2) is 22.3 Å². The normalized spacial score (nSPS) is 13.6. The first-order valence-electron chi connectivity index (χ1n) is 3.90. The summed E-state index contributed by atoms with van der Waals surface area (Å²) >= 11 is 0. The molecule has 3 nitrogen and oxygen atoms in total. The number of halogens is 3. The van der Waals surface area contributed by atoms with Crippen LogP contribution in [0.1, 0.15) is 5.56 Å². The standard InChI is InChI=1S/C9H7F3O3/c10-6-3-1-5(2-4-6)9(11,12)7(13)8(14)15/h1-4,7,13H,(H,14,15)/t7-/m0/s1. The van der Waals surface area contributed by atoms with Crippen molar-refractivity contribution in [2.75, 3.05) is 0 Å². The highest BCUT2D eigenvalue weighted by molar-refractivity contribution is 5.73. The number of hydrogen-bond donors (Lipinski definition) is 2. The lowest BCUT2D eigenvalue weighted by molar-refractivity contribution is -0.173. The molecular weight excluding hydrogens is 213 g/mol. The highest BCUT2D eigenvalue weighted by atomic mass is 19.3. The molecule has 1 aromatic rings. The van der Waals surface area contributed by atoms with E-state index in [-0.39, 0.29) is 0 Å². The number of hydrogen-bond acceptors (Lipinski definition) is 2. The van der Waals surface area contributed by atoms with Crippen LogP contribution in [0.15, 0.2) is 24.3 Å². The van der Waals surface area contributed by atoms with Crippen LogP contribution in [0.2, 0.25) is 0 Å². The van der Waals surface area contributed by atoms with Gasteiger partial charge in [-0.05, 0) is 12.1 Å². The number of rotatable bonds is 3. The van der Waals surface area contributed by atoms with E-state index in [1.54, 1.807) is 0 Å². The molecule has 0 amide bonds. The second kappa shape index (κ2) is 3.90. The number of carbonyl (C=O) groups is 1. The van der Waals surface area contributed by atoms with Crippen molar-refractivity contribution in [2.45, 2.75) is 12.0 Å². The summed E-state index contributed by atoms with van der Waals surface area (Å²) in [6.07, 6.45) is -2.84. The number of aliphatic carboxylic acids is 1. The Morgan fingerprint density at radius 2 is 1.73 bits per heavy atom. The van der Waals surface area contributed by atoms with E-state index in [4.69, 9.17) is 10.2 Å². The molecule has 0 aliphatic carbocycles. The molecule has 15 heavy (non-hydrogen) atoms. The van der Waals surface area contributed by atoms with Crippen LogP contribution in [0, 0.1) is 5.82 Å². The molecule has 0 unspecified atom stereocenters. The SMILES string of the molecule is O=C(O)[C@H](O)C(F)(F)c1ccc(F)cc1. The second-order valence-corrected chi connectivity index (χ2v) is 2.87. The number of aliphatic hydroxyl groups is 1. The van der Waals surface area contributed by atoms with Crippen LogP contribution in [0.5, 0.6) is 0 Å². The summed E-state index contributed by atoms with van der Waals surface area (Å²) in [4.78, 5) is 10.2. The van der Waals surface area contributed by atoms with Gasteiger partial charge in [0, 0.05) is 5.56 Å². The van der Waals surface area contributed by atoms with E-state index in [9.17, 15) is 18.0 Å². The Hall–Kier alpha value is -1.56. The van der Waals surface area contributed by atoms with Gasteiger partial charge in [0.25, 0.3) is 0 Å². The number of aliphatic hydroxyl groups excluding tert-OH is 1. The van der Waals surface area contributed by atoms with Gasteiger partial charge in [-0.15, -0.1) is 0 Å². The van der Waals surface area contributed by atoms with Gasteiger partial charge < -0.3 is 10.2 Å². The topological polar surface area (TPSA) is 57.5 Å². The zero-order chi connectivity index (χ0) is 11.6. The molecule has 0 aliphatic heterocycles. The lowest BCUT2D eigenvalue weighted by Gasteiger charge is -2.19. The molecular formula is C9H7F3O3. The average Bonchev–Trinajstić information content (AvgIpc) is 2.17. The van der Waals surface area contributed by atoms with Crippen molar-refractivity contribution in [3.63, 3.8) is 0 Å². The first-order chi connectivity index (χ1) is 6.85. The van der Waals surface area contributed by atoms with Gasteiger partial charge in [0.1, 0.15) is 5.82 Å². The molecule has 2 N–H and O–H groups in total. The molecule has 1 rings (SSSR count). The van der Waals surface area contributed by atoms with E-state index in [1.807, 2.05) is 0 Å². The van der Waals surface area contributed by atoms with Crippen molar-refractivity contribution in [1.29, 1.82) is 0 Å². The van der Waals surface area contributed by atoms with Crippen molar-refractivity contribution in [3.8, 4) is 0 Å². The molecule has 0 saturated heterocycles. The van der Waals surface area contributed by atoms with Gasteiger partial charge in [0.05, 0.1) is 0 Å². The van der Waals surface area contributed by atoms with Crippen LogP contribution in [0.25, 0.3) is 0 Å². The highest BCUT2D eigenvalue weighted by Gasteiger charge is 2.45. The number of alkyl halides is 2. The molecule has 0 radical (unpaired) electrons. The Kier molecular flexibility index (Phi) is 2.99. The molecule has 0 fully saturated rings. The zero-order valence-corrected chi connectivity index (χ0v) is 7.32. The predicted octanol–water partition coefficient (Wildman–Crippen LogP) is 1.36. The van der Waals surface area contributed by atoms with E-state index < -0.39 is 29.4 Å². The lowest BCUT2D eigenvalue weighted by Crippen LogP contribution is -2.37. The third-order valence-electron chi connectivity index (χ3n) is 1.81. The average molecular weight is 220 g/mol. The minimum atomic E-state index is -3.94. The Labute approximate surface area is 82.8 Å². The first kappa shape index (κ1) is 11.5. The fraction of sp³-hybridized carbons (Fsp3) is 0.222. The first-order valence-corrected chi connectivity index (χ1v) is 3.90. The number of carboxylic acids is 1. The van der Waals surface area contributed by atoms with E-state index >= 15 is 0 Å². The smallest absolute Gasteiger partial charge is 0.339 e. The summed E-state index contributed by atoms with van der Waals surface area (Å²) in [5.41, 5.74) is -0.751. The fourth-order valence-electron chi connectivity index (χ4n) is 0.985. The van der Waals surface area contributed by atoms with Gasteiger partial charge in [-0.25, -0.2) is 9.18 Å². The van der Waals surface area contributed by atoms with Gasteiger partial charge >= 0.3 is 11.9 Å². The molecule has 0 heterocycles. The van der Waals surface area contributed by atoms with Gasteiger partial charge in [-0.2, -0.15) is 8.78 Å². The molecule has 0 spiro atoms. The van der Waals surface area contributed by atoms with Crippen LogP contribution in [0.3, 0.4) is 0 Å². The summed E-state index contributed by atoms with van der Waals surface area (Å²) in [6, 6.07) is 2.97. The predicted molar refractivity (Wildman–Crippen MR) is 43.9 cm³/mol. The van der Waals surface area contributed by atoms with E-state index in [0.29, 0.717) is 0 Å². The van der Waals surface area contributed by atoms with Crippen molar-refractivity contribution < 1.29 is 28.2 Å². The van der Waals surface area contributed by atoms with Crippen LogP contribution in [0.4, 0.5) is 13.2 Å². The molecule has 0 aromatic heterocycles. The molecule has 0 aliphatic rings. The van der Waals surface area contributed by atoms with Gasteiger partial charge in [0.15, 0.2) is 0 Å². The fourth-order valence-corrected chi connectivity index (χ4v) is 0.985. The minimum Gasteiger partial charge on any atom is -0.479 e. The van der Waals surface area contributed by atoms with Crippen molar-refractivity contribution in [2.24, 2.45) is 0 Å². The quantitative estimate of drug-likeness (QED) is 0.808. The Bertz CT molecular complexity index is 361. The Morgan fingerprint density at radius 3 is 2.13 bits per heavy atom. The van der Waals surface area contributed by atoms with E-state index in [0.717, 1.165) is 24.3 Å². The Balaban J connectivity index is 3.05. The number of carboxylic acid groups (broad SMARTS) is 1. The molecule has 0 bridgehead atoms. The van der Waals surface area contributed by atoms with E-state index in [1.165, 1.54) is 0 Å². The molecule has 0 saturated carbocycles. The molecule has 6 heteroatoms. The third-order valence-corrected chi connectivity index (χ3v) is 1.81. The van der Waals surface area contributed by atoms with Gasteiger partial charge in [-0.1, -0.05) is 12.1 Å². The third kappa shape index (κ3) is 2.27. The van der Waals surface area contributed by atoms with Crippen molar-refractivity contribution in [3.05, 3.63) is 35.6 Å². The van der Waals surface area contributed by atoms with Gasteiger partial charge in [0.2, 0.25) is 6.10 Å². The van der Waals surface area contributed by atoms with Crippen molar-refractivity contribution in [1.82, 2.24) is 0 Å². The van der Waals surface area contributed by atoms with Crippen LogP contribution in [-0.2, 0) is 10.7 Å². The summed E-state index contributed by atoms with van der Waals surface area (Å²) in [7, 11) is 0. The largest absolute Gasteiger partial charge is 0.479 e. The van der Waals surface area contributed by atoms with Crippen LogP contribution >= 0.6 is 0 Å².